The van der Waals surface area contributed by atoms with Gasteiger partial charge in [-0.05, 0) is 30.3 Å². The van der Waals surface area contributed by atoms with Crippen LogP contribution in [0.3, 0.4) is 0 Å². The molecule has 20 heavy (non-hydrogen) atoms. The summed E-state index contributed by atoms with van der Waals surface area (Å²) in [5.41, 5.74) is 2.85. The number of aromatic nitrogens is 2. The number of hydrogen-bond acceptors (Lipinski definition) is 3. The molecule has 102 valence electrons. The van der Waals surface area contributed by atoms with Gasteiger partial charge in [0.15, 0.2) is 0 Å². The number of ether oxygens (including phenoxy) is 1. The van der Waals surface area contributed by atoms with Crippen LogP contribution in [0.5, 0.6) is 5.75 Å². The highest BCUT2D eigenvalue weighted by Crippen LogP contribution is 2.27. The van der Waals surface area contributed by atoms with E-state index in [1.807, 2.05) is 53.2 Å². The van der Waals surface area contributed by atoms with Crippen LogP contribution >= 0.6 is 11.6 Å². The van der Waals surface area contributed by atoms with Crippen molar-refractivity contribution in [1.29, 1.82) is 0 Å². The summed E-state index contributed by atoms with van der Waals surface area (Å²) >= 11 is 6.09. The second kappa shape index (κ2) is 5.43. The maximum absolute atomic E-state index is 6.09. The molecule has 0 radical (unpaired) electrons. The Balaban J connectivity index is 1.74. The number of nitrogens with one attached hydrogen (secondary N) is 1. The van der Waals surface area contributed by atoms with Crippen molar-refractivity contribution in [3.05, 3.63) is 59.5 Å². The number of rotatable bonds is 4. The lowest BCUT2D eigenvalue weighted by molar-refractivity contribution is 0.415. The molecule has 0 amide bonds. The fourth-order valence-electron chi connectivity index (χ4n) is 2.04. The van der Waals surface area contributed by atoms with Gasteiger partial charge in [-0.15, -0.1) is 0 Å². The number of pyridine rings is 1. The number of nitrogens with zero attached hydrogens (tertiary/aromatic N) is 2. The molecule has 3 aromatic rings. The molecule has 1 N–H and O–H groups in total. The normalized spacial score (nSPS) is 10.7. The van der Waals surface area contributed by atoms with E-state index < -0.39 is 0 Å². The van der Waals surface area contributed by atoms with Crippen molar-refractivity contribution in [3.8, 4) is 5.75 Å². The Morgan fingerprint density at radius 1 is 1.30 bits per heavy atom. The Kier molecular flexibility index (Phi) is 3.48. The molecule has 0 bridgehead atoms. The third kappa shape index (κ3) is 2.56. The van der Waals surface area contributed by atoms with Crippen molar-refractivity contribution in [2.24, 2.45) is 0 Å². The quantitative estimate of drug-likeness (QED) is 0.797. The van der Waals surface area contributed by atoms with Crippen molar-refractivity contribution in [2.75, 3.05) is 12.4 Å². The summed E-state index contributed by atoms with van der Waals surface area (Å²) in [4.78, 5) is 4.53. The van der Waals surface area contributed by atoms with Gasteiger partial charge in [0.1, 0.15) is 11.4 Å². The van der Waals surface area contributed by atoms with Gasteiger partial charge in [-0.2, -0.15) is 0 Å². The largest absolute Gasteiger partial charge is 0.495 e. The van der Waals surface area contributed by atoms with Crippen LogP contribution < -0.4 is 10.1 Å². The first-order chi connectivity index (χ1) is 9.76. The highest BCUT2D eigenvalue weighted by Gasteiger charge is 2.03. The fraction of sp³-hybridized carbons (Fsp3) is 0.133. The molecule has 0 saturated heterocycles. The summed E-state index contributed by atoms with van der Waals surface area (Å²) < 4.78 is 7.13. The Hall–Kier alpha value is -2.20. The maximum atomic E-state index is 6.09. The fourth-order valence-corrected chi connectivity index (χ4v) is 2.30. The first-order valence-corrected chi connectivity index (χ1v) is 6.64. The van der Waals surface area contributed by atoms with Crippen LogP contribution in [0.2, 0.25) is 5.02 Å². The summed E-state index contributed by atoms with van der Waals surface area (Å²) in [5.74, 6) is 0.671. The molecule has 0 saturated carbocycles. The van der Waals surface area contributed by atoms with Crippen LogP contribution in [0, 0.1) is 0 Å². The SMILES string of the molecule is COc1ccc(NCc2cn3ccccc3n2)cc1Cl. The van der Waals surface area contributed by atoms with E-state index >= 15 is 0 Å². The predicted molar refractivity (Wildman–Crippen MR) is 80.5 cm³/mol. The average Bonchev–Trinajstić information content (AvgIpc) is 2.88. The number of methoxy groups -OCH3 is 1. The van der Waals surface area contributed by atoms with Gasteiger partial charge >= 0.3 is 0 Å². The molecule has 0 aliphatic heterocycles. The summed E-state index contributed by atoms with van der Waals surface area (Å²) in [7, 11) is 1.60. The van der Waals surface area contributed by atoms with Crippen molar-refractivity contribution >= 4 is 22.9 Å². The van der Waals surface area contributed by atoms with E-state index in [4.69, 9.17) is 16.3 Å². The predicted octanol–water partition coefficient (Wildman–Crippen LogP) is 3.61. The first-order valence-electron chi connectivity index (χ1n) is 6.26. The minimum Gasteiger partial charge on any atom is -0.495 e. The van der Waals surface area contributed by atoms with Gasteiger partial charge in [0, 0.05) is 18.1 Å². The van der Waals surface area contributed by atoms with Crippen LogP contribution in [-0.2, 0) is 6.54 Å². The molecule has 1 aromatic carbocycles. The highest BCUT2D eigenvalue weighted by molar-refractivity contribution is 6.32. The zero-order chi connectivity index (χ0) is 13.9. The topological polar surface area (TPSA) is 38.6 Å². The standard InChI is InChI=1S/C15H14ClN3O/c1-20-14-6-5-11(8-13(14)16)17-9-12-10-19-7-3-2-4-15(19)18-12/h2-8,10,17H,9H2,1H3. The number of benzene rings is 1. The van der Waals surface area contributed by atoms with Crippen molar-refractivity contribution in [3.63, 3.8) is 0 Å². The molecule has 0 aliphatic rings. The first kappa shape index (κ1) is 12.8. The smallest absolute Gasteiger partial charge is 0.137 e. The van der Waals surface area contributed by atoms with Crippen molar-refractivity contribution in [2.45, 2.75) is 6.54 Å². The zero-order valence-corrected chi connectivity index (χ0v) is 11.8. The van der Waals surface area contributed by atoms with Gasteiger partial charge in [-0.1, -0.05) is 17.7 Å². The summed E-state index contributed by atoms with van der Waals surface area (Å²) in [6.07, 6.45) is 3.99. The Morgan fingerprint density at radius 2 is 2.20 bits per heavy atom. The van der Waals surface area contributed by atoms with E-state index in [0.29, 0.717) is 17.3 Å². The van der Waals surface area contributed by atoms with E-state index in [-0.39, 0.29) is 0 Å². The minimum atomic E-state index is 0.590. The molecule has 2 heterocycles. The van der Waals surface area contributed by atoms with E-state index in [9.17, 15) is 0 Å². The lowest BCUT2D eigenvalue weighted by Crippen LogP contribution is -1.99. The number of halogens is 1. The van der Waals surface area contributed by atoms with Crippen LogP contribution in [0.25, 0.3) is 5.65 Å². The van der Waals surface area contributed by atoms with E-state index in [1.165, 1.54) is 0 Å². The molecule has 0 unspecified atom stereocenters. The third-order valence-corrected chi connectivity index (χ3v) is 3.33. The zero-order valence-electron chi connectivity index (χ0n) is 11.0. The van der Waals surface area contributed by atoms with Gasteiger partial charge in [0.25, 0.3) is 0 Å². The Labute approximate surface area is 122 Å². The minimum absolute atomic E-state index is 0.590. The molecule has 0 atom stereocenters. The summed E-state index contributed by atoms with van der Waals surface area (Å²) in [6, 6.07) is 11.6. The van der Waals surface area contributed by atoms with Crippen molar-refractivity contribution in [1.82, 2.24) is 9.38 Å². The molecule has 3 rings (SSSR count). The van der Waals surface area contributed by atoms with Crippen LogP contribution in [0.4, 0.5) is 5.69 Å². The third-order valence-electron chi connectivity index (χ3n) is 3.04. The van der Waals surface area contributed by atoms with E-state index in [0.717, 1.165) is 17.0 Å². The van der Waals surface area contributed by atoms with Gasteiger partial charge in [0.05, 0.1) is 24.4 Å². The number of hydrogen-bond donors (Lipinski definition) is 1. The number of imidazole rings is 1. The average molecular weight is 288 g/mol. The molecule has 0 fully saturated rings. The Morgan fingerprint density at radius 3 is 2.95 bits per heavy atom. The highest BCUT2D eigenvalue weighted by atomic mass is 35.5. The Bertz CT molecular complexity index is 706. The summed E-state index contributed by atoms with van der Waals surface area (Å²) in [5, 5.41) is 3.89. The molecule has 2 aromatic heterocycles. The summed E-state index contributed by atoms with van der Waals surface area (Å²) in [6.45, 7) is 0.643. The second-order valence-electron chi connectivity index (χ2n) is 4.40. The van der Waals surface area contributed by atoms with Gasteiger partial charge in [-0.3, -0.25) is 0 Å². The van der Waals surface area contributed by atoms with E-state index in [1.54, 1.807) is 7.11 Å². The van der Waals surface area contributed by atoms with Gasteiger partial charge < -0.3 is 14.5 Å². The van der Waals surface area contributed by atoms with Gasteiger partial charge in [0.2, 0.25) is 0 Å². The lowest BCUT2D eigenvalue weighted by Gasteiger charge is -2.07. The van der Waals surface area contributed by atoms with Crippen LogP contribution in [-0.4, -0.2) is 16.5 Å². The maximum Gasteiger partial charge on any atom is 0.137 e. The number of fused-ring (bicyclic) bond motifs is 1. The second-order valence-corrected chi connectivity index (χ2v) is 4.81. The molecule has 0 spiro atoms. The number of anilines is 1. The van der Waals surface area contributed by atoms with E-state index in [2.05, 4.69) is 10.3 Å². The van der Waals surface area contributed by atoms with Gasteiger partial charge in [-0.25, -0.2) is 4.98 Å². The van der Waals surface area contributed by atoms with Crippen LogP contribution in [0.15, 0.2) is 48.8 Å². The molecule has 0 aliphatic carbocycles. The molecule has 5 heteroatoms. The monoisotopic (exact) mass is 287 g/mol. The lowest BCUT2D eigenvalue weighted by atomic mass is 10.3. The molecular formula is C15H14ClN3O. The van der Waals surface area contributed by atoms with Crippen molar-refractivity contribution < 1.29 is 4.74 Å². The molecule has 4 nitrogen and oxygen atoms in total. The molecular weight excluding hydrogens is 274 g/mol. The van der Waals surface area contributed by atoms with Crippen LogP contribution in [0.1, 0.15) is 5.69 Å².